The van der Waals surface area contributed by atoms with Crippen LogP contribution in [0.5, 0.6) is 5.75 Å². The lowest BCUT2D eigenvalue weighted by atomic mass is 10.1. The van der Waals surface area contributed by atoms with Crippen LogP contribution in [0.3, 0.4) is 0 Å². The molecule has 3 N–H and O–H groups in total. The Hall–Kier alpha value is -4.03. The number of carbonyl (C=O) groups excluding carboxylic acids is 3. The monoisotopic (exact) mass is 515 g/mol. The summed E-state index contributed by atoms with van der Waals surface area (Å²) in [7, 11) is -3.87. The van der Waals surface area contributed by atoms with Crippen LogP contribution in [0, 0.1) is 0 Å². The molecular formula is C24H25N3O8S. The molecule has 1 aliphatic heterocycles. The molecule has 36 heavy (non-hydrogen) atoms. The second kappa shape index (κ2) is 11.1. The van der Waals surface area contributed by atoms with Crippen molar-refractivity contribution in [2.45, 2.75) is 30.7 Å². The molecule has 1 saturated heterocycles. The normalized spacial score (nSPS) is 15.9. The van der Waals surface area contributed by atoms with Gasteiger partial charge < -0.3 is 14.7 Å². The molecule has 1 fully saturated rings. The lowest BCUT2D eigenvalue weighted by Crippen LogP contribution is -2.46. The fourth-order valence-corrected chi connectivity index (χ4v) is 4.28. The van der Waals surface area contributed by atoms with E-state index in [1.165, 1.54) is 24.3 Å². The maximum absolute atomic E-state index is 13.3. The lowest BCUT2D eigenvalue weighted by molar-refractivity contribution is -0.135. The van der Waals surface area contributed by atoms with Crippen LogP contribution in [0.1, 0.15) is 18.9 Å². The standard InChI is InChI=1S/C24H25N3O8S/c1-2-35-18-5-3-4-17(14-18)27-22(29)15-20(24(27)32)26(21(28)10-11-23(30)31)13-12-16-6-8-19(9-7-16)36(25,33)34/h3-11,14,20H,2,12-13,15H2,1H3,(H,30,31)(H2,25,33,34). The van der Waals surface area contributed by atoms with Crippen molar-refractivity contribution >= 4 is 39.4 Å². The molecule has 11 nitrogen and oxygen atoms in total. The summed E-state index contributed by atoms with van der Waals surface area (Å²) >= 11 is 0. The number of aliphatic carboxylic acids is 1. The summed E-state index contributed by atoms with van der Waals surface area (Å²) < 4.78 is 28.4. The predicted molar refractivity (Wildman–Crippen MR) is 129 cm³/mol. The SMILES string of the molecule is CCOc1cccc(N2C(=O)CC(N(CCc3ccc(S(N)(=O)=O)cc3)C(=O)C=CC(=O)O)C2=O)c1. The number of sulfonamides is 1. The molecule has 1 unspecified atom stereocenters. The first kappa shape index (κ1) is 26.6. The molecule has 0 radical (unpaired) electrons. The largest absolute Gasteiger partial charge is 0.494 e. The van der Waals surface area contributed by atoms with Crippen LogP contribution in [0.15, 0.2) is 65.6 Å². The van der Waals surface area contributed by atoms with Crippen LogP contribution in [0.25, 0.3) is 0 Å². The molecule has 0 spiro atoms. The molecule has 190 valence electrons. The topological polar surface area (TPSA) is 164 Å². The zero-order valence-corrected chi connectivity index (χ0v) is 20.2. The number of hydrogen-bond acceptors (Lipinski definition) is 7. The van der Waals surface area contributed by atoms with E-state index in [2.05, 4.69) is 0 Å². The molecule has 2 aromatic rings. The van der Waals surface area contributed by atoms with Crippen molar-refractivity contribution in [3.63, 3.8) is 0 Å². The second-order valence-electron chi connectivity index (χ2n) is 7.86. The Labute approximate surface area is 207 Å². The van der Waals surface area contributed by atoms with E-state index in [1.54, 1.807) is 31.2 Å². The number of benzene rings is 2. The van der Waals surface area contributed by atoms with E-state index in [9.17, 15) is 27.6 Å². The highest BCUT2D eigenvalue weighted by Gasteiger charge is 2.44. The minimum Gasteiger partial charge on any atom is -0.494 e. The van der Waals surface area contributed by atoms with Gasteiger partial charge in [0.15, 0.2) is 0 Å². The minimum absolute atomic E-state index is 0.0337. The Balaban J connectivity index is 1.86. The highest BCUT2D eigenvalue weighted by atomic mass is 32.2. The molecule has 0 bridgehead atoms. The summed E-state index contributed by atoms with van der Waals surface area (Å²) in [5.41, 5.74) is 0.936. The summed E-state index contributed by atoms with van der Waals surface area (Å²) in [5, 5.41) is 14.0. The van der Waals surface area contributed by atoms with E-state index >= 15 is 0 Å². The molecule has 2 aromatic carbocycles. The number of ether oxygens (including phenoxy) is 1. The van der Waals surface area contributed by atoms with Gasteiger partial charge in [-0.25, -0.2) is 23.3 Å². The third-order valence-corrected chi connectivity index (χ3v) is 6.36. The van der Waals surface area contributed by atoms with Crippen molar-refractivity contribution in [1.82, 2.24) is 4.90 Å². The highest BCUT2D eigenvalue weighted by molar-refractivity contribution is 7.89. The first-order valence-corrected chi connectivity index (χ1v) is 12.5. The molecule has 1 heterocycles. The highest BCUT2D eigenvalue weighted by Crippen LogP contribution is 2.29. The van der Waals surface area contributed by atoms with Gasteiger partial charge in [0.05, 0.1) is 23.6 Å². The third-order valence-electron chi connectivity index (χ3n) is 5.43. The molecule has 0 aromatic heterocycles. The fourth-order valence-electron chi connectivity index (χ4n) is 3.76. The molecule has 3 rings (SSSR count). The fraction of sp³-hybridized carbons (Fsp3) is 0.250. The Morgan fingerprint density at radius 1 is 1.17 bits per heavy atom. The maximum atomic E-state index is 13.3. The number of hydrogen-bond donors (Lipinski definition) is 2. The van der Waals surface area contributed by atoms with E-state index in [-0.39, 0.29) is 24.3 Å². The van der Waals surface area contributed by atoms with Crippen LogP contribution >= 0.6 is 0 Å². The molecule has 3 amide bonds. The van der Waals surface area contributed by atoms with E-state index in [4.69, 9.17) is 15.0 Å². The predicted octanol–water partition coefficient (Wildman–Crippen LogP) is 1.08. The first-order chi connectivity index (χ1) is 17.0. The lowest BCUT2D eigenvalue weighted by Gasteiger charge is -2.26. The summed E-state index contributed by atoms with van der Waals surface area (Å²) in [4.78, 5) is 51.9. The van der Waals surface area contributed by atoms with Gasteiger partial charge in [0.25, 0.3) is 5.91 Å². The first-order valence-electron chi connectivity index (χ1n) is 10.9. The van der Waals surface area contributed by atoms with Crippen LogP contribution < -0.4 is 14.8 Å². The number of carboxylic acid groups (broad SMARTS) is 1. The average Bonchev–Trinajstić information content (AvgIpc) is 3.11. The minimum atomic E-state index is -3.87. The Morgan fingerprint density at radius 3 is 2.47 bits per heavy atom. The smallest absolute Gasteiger partial charge is 0.328 e. The molecule has 0 saturated carbocycles. The quantitative estimate of drug-likeness (QED) is 0.350. The molecule has 0 aliphatic carbocycles. The number of nitrogens with two attached hydrogens (primary N) is 1. The summed E-state index contributed by atoms with van der Waals surface area (Å²) in [6.07, 6.45) is 1.40. The number of amides is 3. The third kappa shape index (κ3) is 6.34. The van der Waals surface area contributed by atoms with E-state index in [0.717, 1.165) is 15.9 Å². The van der Waals surface area contributed by atoms with Gasteiger partial charge >= 0.3 is 5.97 Å². The van der Waals surface area contributed by atoms with Crippen molar-refractivity contribution in [2.75, 3.05) is 18.1 Å². The summed E-state index contributed by atoms with van der Waals surface area (Å²) in [6, 6.07) is 11.0. The van der Waals surface area contributed by atoms with Gasteiger partial charge in [-0.15, -0.1) is 0 Å². The number of nitrogens with zero attached hydrogens (tertiary/aromatic N) is 2. The zero-order chi connectivity index (χ0) is 26.5. The molecule has 12 heteroatoms. The van der Waals surface area contributed by atoms with Crippen molar-refractivity contribution in [2.24, 2.45) is 5.14 Å². The van der Waals surface area contributed by atoms with Crippen molar-refractivity contribution < 1.29 is 37.4 Å². The van der Waals surface area contributed by atoms with Crippen LogP contribution in [0.4, 0.5) is 5.69 Å². The van der Waals surface area contributed by atoms with Crippen molar-refractivity contribution in [1.29, 1.82) is 0 Å². The van der Waals surface area contributed by atoms with Gasteiger partial charge in [0.2, 0.25) is 21.8 Å². The van der Waals surface area contributed by atoms with Gasteiger partial charge in [0, 0.05) is 24.8 Å². The van der Waals surface area contributed by atoms with Crippen LogP contribution in [-0.4, -0.2) is 61.3 Å². The number of carboxylic acids is 1. The van der Waals surface area contributed by atoms with Gasteiger partial charge in [-0.05, 0) is 43.2 Å². The Kier molecular flexibility index (Phi) is 8.22. The number of primary sulfonamides is 1. The van der Waals surface area contributed by atoms with E-state index in [1.807, 2.05) is 0 Å². The Bertz CT molecular complexity index is 1300. The summed E-state index contributed by atoms with van der Waals surface area (Å²) in [5.74, 6) is -2.77. The van der Waals surface area contributed by atoms with Crippen LogP contribution in [0.2, 0.25) is 0 Å². The molecule has 1 atom stereocenters. The van der Waals surface area contributed by atoms with Gasteiger partial charge in [-0.2, -0.15) is 0 Å². The van der Waals surface area contributed by atoms with E-state index in [0.29, 0.717) is 29.7 Å². The average molecular weight is 516 g/mol. The van der Waals surface area contributed by atoms with E-state index < -0.39 is 39.8 Å². The molecular weight excluding hydrogens is 490 g/mol. The van der Waals surface area contributed by atoms with Gasteiger partial charge in [0.1, 0.15) is 11.8 Å². The maximum Gasteiger partial charge on any atom is 0.328 e. The number of rotatable bonds is 10. The van der Waals surface area contributed by atoms with Crippen LogP contribution in [-0.2, 0) is 35.6 Å². The number of carbonyl (C=O) groups is 4. The number of anilines is 1. The van der Waals surface area contributed by atoms with Gasteiger partial charge in [-0.3, -0.25) is 14.4 Å². The van der Waals surface area contributed by atoms with Crippen molar-refractivity contribution in [3.8, 4) is 5.75 Å². The number of imide groups is 1. The molecule has 1 aliphatic rings. The summed E-state index contributed by atoms with van der Waals surface area (Å²) in [6.45, 7) is 2.16. The second-order valence-corrected chi connectivity index (χ2v) is 9.42. The zero-order valence-electron chi connectivity index (χ0n) is 19.4. The Morgan fingerprint density at radius 2 is 1.86 bits per heavy atom. The van der Waals surface area contributed by atoms with Crippen molar-refractivity contribution in [3.05, 3.63) is 66.2 Å². The van der Waals surface area contributed by atoms with Gasteiger partial charge in [-0.1, -0.05) is 18.2 Å².